The van der Waals surface area contributed by atoms with Crippen molar-refractivity contribution >= 4 is 5.91 Å². The van der Waals surface area contributed by atoms with Crippen molar-refractivity contribution in [3.05, 3.63) is 58.7 Å². The largest absolute Gasteiger partial charge is 0.353 e. The Morgan fingerprint density at radius 2 is 1.92 bits per heavy atom. The van der Waals surface area contributed by atoms with Crippen LogP contribution < -0.4 is 5.32 Å². The van der Waals surface area contributed by atoms with E-state index >= 15 is 0 Å². The van der Waals surface area contributed by atoms with Gasteiger partial charge < -0.3 is 5.32 Å². The van der Waals surface area contributed by atoms with E-state index in [0.717, 1.165) is 5.57 Å². The standard InChI is InChI=1S/C22H33NO/c1-7-23-21(24)16-18(3)11-8-10-17(2)13-14-20-19(4)12-9-15-22(20,5)6/h8,10-11,13-14,16H,7,9,12,15H2,1-6H3,(H,23,24)/b11-8+,14-13+,17-10-,18-16+. The first-order chi connectivity index (χ1) is 11.3. The fourth-order valence-corrected chi connectivity index (χ4v) is 3.11. The third kappa shape index (κ3) is 6.74. The van der Waals surface area contributed by atoms with Crippen LogP contribution in [0, 0.1) is 5.41 Å². The van der Waals surface area contributed by atoms with Gasteiger partial charge in [0.1, 0.15) is 0 Å². The van der Waals surface area contributed by atoms with E-state index in [4.69, 9.17) is 0 Å². The van der Waals surface area contributed by atoms with Crippen LogP contribution in [0.5, 0.6) is 0 Å². The van der Waals surface area contributed by atoms with Crippen LogP contribution >= 0.6 is 0 Å². The molecule has 1 aliphatic rings. The van der Waals surface area contributed by atoms with Crippen LogP contribution in [0.25, 0.3) is 0 Å². The first kappa shape index (κ1) is 20.2. The summed E-state index contributed by atoms with van der Waals surface area (Å²) < 4.78 is 0. The van der Waals surface area contributed by atoms with Gasteiger partial charge in [-0.2, -0.15) is 0 Å². The topological polar surface area (TPSA) is 29.1 Å². The maximum atomic E-state index is 11.5. The molecular formula is C22H33NO. The molecule has 0 saturated carbocycles. The summed E-state index contributed by atoms with van der Waals surface area (Å²) >= 11 is 0. The lowest BCUT2D eigenvalue weighted by molar-refractivity contribution is -0.116. The van der Waals surface area contributed by atoms with Crippen LogP contribution in [-0.2, 0) is 4.79 Å². The van der Waals surface area contributed by atoms with Crippen LogP contribution in [0.4, 0.5) is 0 Å². The minimum Gasteiger partial charge on any atom is -0.353 e. The SMILES string of the molecule is CCNC(=O)/C=C(C)/C=C/C=C(C)\C=C\C1=C(C)CCCC1(C)C. The van der Waals surface area contributed by atoms with Crippen molar-refractivity contribution < 1.29 is 4.79 Å². The summed E-state index contributed by atoms with van der Waals surface area (Å²) in [5, 5.41) is 2.76. The first-order valence-corrected chi connectivity index (χ1v) is 8.95. The van der Waals surface area contributed by atoms with Gasteiger partial charge in [-0.15, -0.1) is 0 Å². The Balaban J connectivity index is 2.73. The van der Waals surface area contributed by atoms with Gasteiger partial charge in [0.05, 0.1) is 0 Å². The van der Waals surface area contributed by atoms with Gasteiger partial charge in [0, 0.05) is 12.6 Å². The Morgan fingerprint density at radius 1 is 1.21 bits per heavy atom. The molecule has 1 aliphatic carbocycles. The van der Waals surface area contributed by atoms with E-state index in [1.807, 2.05) is 26.0 Å². The maximum absolute atomic E-state index is 11.5. The summed E-state index contributed by atoms with van der Waals surface area (Å²) in [4.78, 5) is 11.5. The van der Waals surface area contributed by atoms with Crippen molar-refractivity contribution in [3.63, 3.8) is 0 Å². The fraction of sp³-hybridized carbons (Fsp3) is 0.500. The zero-order chi connectivity index (χ0) is 18.2. The molecule has 0 aliphatic heterocycles. The average molecular weight is 328 g/mol. The van der Waals surface area contributed by atoms with Gasteiger partial charge in [-0.25, -0.2) is 0 Å². The van der Waals surface area contributed by atoms with E-state index in [1.54, 1.807) is 6.08 Å². The van der Waals surface area contributed by atoms with E-state index in [2.05, 4.69) is 51.2 Å². The van der Waals surface area contributed by atoms with E-state index in [1.165, 1.54) is 36.0 Å². The summed E-state index contributed by atoms with van der Waals surface area (Å²) in [7, 11) is 0. The van der Waals surface area contributed by atoms with Crippen molar-refractivity contribution in [2.24, 2.45) is 5.41 Å². The van der Waals surface area contributed by atoms with Crippen molar-refractivity contribution in [1.82, 2.24) is 5.32 Å². The molecule has 2 nitrogen and oxygen atoms in total. The highest BCUT2D eigenvalue weighted by Crippen LogP contribution is 2.40. The number of rotatable bonds is 6. The number of carbonyl (C=O) groups is 1. The van der Waals surface area contributed by atoms with Crippen molar-refractivity contribution in [3.8, 4) is 0 Å². The lowest BCUT2D eigenvalue weighted by atomic mass is 9.72. The second-order valence-corrected chi connectivity index (χ2v) is 7.32. The molecule has 0 aromatic carbocycles. The molecule has 1 N–H and O–H groups in total. The molecular weight excluding hydrogens is 294 g/mol. The Bertz CT molecular complexity index is 597. The number of allylic oxidation sites excluding steroid dienone is 9. The number of hydrogen-bond acceptors (Lipinski definition) is 1. The quantitative estimate of drug-likeness (QED) is 0.495. The molecule has 132 valence electrons. The summed E-state index contributed by atoms with van der Waals surface area (Å²) in [5.41, 5.74) is 5.44. The van der Waals surface area contributed by atoms with Gasteiger partial charge in [0.15, 0.2) is 0 Å². The van der Waals surface area contributed by atoms with Gasteiger partial charge in [-0.1, -0.05) is 55.4 Å². The normalized spacial score (nSPS) is 19.4. The fourth-order valence-electron chi connectivity index (χ4n) is 3.11. The predicted molar refractivity (Wildman–Crippen MR) is 105 cm³/mol. The number of amides is 1. The molecule has 0 radical (unpaired) electrons. The highest BCUT2D eigenvalue weighted by atomic mass is 16.1. The number of carbonyl (C=O) groups excluding carboxylic acids is 1. The zero-order valence-electron chi connectivity index (χ0n) is 16.2. The summed E-state index contributed by atoms with van der Waals surface area (Å²) in [6.45, 7) is 13.5. The molecule has 1 rings (SSSR count). The first-order valence-electron chi connectivity index (χ1n) is 8.95. The molecule has 0 saturated heterocycles. The Hall–Kier alpha value is -1.83. The molecule has 0 bridgehead atoms. The van der Waals surface area contributed by atoms with Crippen LogP contribution in [0.1, 0.15) is 60.8 Å². The molecule has 24 heavy (non-hydrogen) atoms. The van der Waals surface area contributed by atoms with E-state index in [0.29, 0.717) is 6.54 Å². The molecule has 2 heteroatoms. The third-order valence-electron chi connectivity index (χ3n) is 4.48. The Kier molecular flexibility index (Phi) is 7.97. The number of hydrogen-bond donors (Lipinski definition) is 1. The maximum Gasteiger partial charge on any atom is 0.244 e. The highest BCUT2D eigenvalue weighted by Gasteiger charge is 2.26. The second kappa shape index (κ2) is 9.46. The van der Waals surface area contributed by atoms with E-state index in [-0.39, 0.29) is 11.3 Å². The van der Waals surface area contributed by atoms with Gasteiger partial charge in [0.25, 0.3) is 0 Å². The van der Waals surface area contributed by atoms with E-state index < -0.39 is 0 Å². The lowest BCUT2D eigenvalue weighted by Crippen LogP contribution is -2.20. The van der Waals surface area contributed by atoms with Crippen LogP contribution in [0.3, 0.4) is 0 Å². The third-order valence-corrected chi connectivity index (χ3v) is 4.48. The smallest absolute Gasteiger partial charge is 0.244 e. The minimum atomic E-state index is -0.0396. The number of likely N-dealkylation sites (N-methyl/N-ethyl adjacent to an activating group) is 1. The van der Waals surface area contributed by atoms with Gasteiger partial charge in [-0.05, 0) is 63.5 Å². The molecule has 0 aromatic rings. The van der Waals surface area contributed by atoms with Crippen molar-refractivity contribution in [2.45, 2.75) is 60.8 Å². The molecule has 0 spiro atoms. The van der Waals surface area contributed by atoms with Gasteiger partial charge in [0.2, 0.25) is 5.91 Å². The summed E-state index contributed by atoms with van der Waals surface area (Å²) in [6.07, 6.45) is 15.9. The Labute approximate surface area is 148 Å². The molecule has 0 aromatic heterocycles. The van der Waals surface area contributed by atoms with Crippen LogP contribution in [0.2, 0.25) is 0 Å². The summed E-state index contributed by atoms with van der Waals surface area (Å²) in [6, 6.07) is 0. The van der Waals surface area contributed by atoms with Crippen molar-refractivity contribution in [1.29, 1.82) is 0 Å². The number of nitrogens with one attached hydrogen (secondary N) is 1. The van der Waals surface area contributed by atoms with Gasteiger partial charge >= 0.3 is 0 Å². The molecule has 0 atom stereocenters. The van der Waals surface area contributed by atoms with Crippen LogP contribution in [0.15, 0.2) is 58.7 Å². The molecule has 1 amide bonds. The van der Waals surface area contributed by atoms with E-state index in [9.17, 15) is 4.79 Å². The summed E-state index contributed by atoms with van der Waals surface area (Å²) in [5.74, 6) is -0.0396. The zero-order valence-corrected chi connectivity index (χ0v) is 16.2. The molecule has 0 heterocycles. The molecule has 0 fully saturated rings. The Morgan fingerprint density at radius 3 is 2.54 bits per heavy atom. The average Bonchev–Trinajstić information content (AvgIpc) is 2.46. The van der Waals surface area contributed by atoms with Crippen molar-refractivity contribution in [2.75, 3.05) is 6.54 Å². The van der Waals surface area contributed by atoms with Crippen LogP contribution in [-0.4, -0.2) is 12.5 Å². The van der Waals surface area contributed by atoms with Gasteiger partial charge in [-0.3, -0.25) is 4.79 Å². The monoisotopic (exact) mass is 327 g/mol. The highest BCUT2D eigenvalue weighted by molar-refractivity contribution is 5.88. The molecule has 0 unspecified atom stereocenters. The minimum absolute atomic E-state index is 0.0396. The lowest BCUT2D eigenvalue weighted by Gasteiger charge is -2.32. The predicted octanol–water partition coefficient (Wildman–Crippen LogP) is 5.65. The second-order valence-electron chi connectivity index (χ2n) is 7.32.